The van der Waals surface area contributed by atoms with Gasteiger partial charge in [-0.3, -0.25) is 4.98 Å². The average molecular weight is 234 g/mol. The highest BCUT2D eigenvalue weighted by molar-refractivity contribution is 5.83. The Balaban J connectivity index is 2.81. The van der Waals surface area contributed by atoms with E-state index in [1.165, 1.54) is 7.11 Å². The fraction of sp³-hybridized carbons (Fsp3) is 0.250. The molecule has 0 aliphatic carbocycles. The van der Waals surface area contributed by atoms with Crippen LogP contribution in [0.3, 0.4) is 0 Å². The number of pyridine rings is 2. The van der Waals surface area contributed by atoms with Gasteiger partial charge in [0, 0.05) is 18.1 Å². The van der Waals surface area contributed by atoms with Gasteiger partial charge in [0.25, 0.3) is 0 Å². The molecular weight excluding hydrogens is 223 g/mol. The van der Waals surface area contributed by atoms with Crippen molar-refractivity contribution in [1.82, 2.24) is 9.97 Å². The van der Waals surface area contributed by atoms with Crippen molar-refractivity contribution in [2.45, 2.75) is 13.3 Å². The molecule has 2 aromatic rings. The Kier molecular flexibility index (Phi) is 2.99. The molecule has 0 radical (unpaired) electrons. The van der Waals surface area contributed by atoms with Crippen LogP contribution in [0.4, 0.5) is 4.39 Å². The molecule has 0 spiro atoms. The second-order valence-electron chi connectivity index (χ2n) is 3.63. The lowest BCUT2D eigenvalue weighted by atomic mass is 10.1. The number of hydrogen-bond donors (Lipinski definition) is 0. The first-order valence-electron chi connectivity index (χ1n) is 5.09. The number of halogens is 1. The van der Waals surface area contributed by atoms with Crippen LogP contribution in [-0.2, 0) is 11.2 Å². The van der Waals surface area contributed by atoms with Gasteiger partial charge < -0.3 is 9.53 Å². The number of aldehydes is 1. The maximum Gasteiger partial charge on any atom is 0.213 e. The van der Waals surface area contributed by atoms with Gasteiger partial charge in [0.15, 0.2) is 0 Å². The first kappa shape index (κ1) is 11.4. The van der Waals surface area contributed by atoms with E-state index in [0.29, 0.717) is 23.2 Å². The van der Waals surface area contributed by atoms with E-state index in [-0.39, 0.29) is 12.0 Å². The van der Waals surface area contributed by atoms with Gasteiger partial charge in [-0.1, -0.05) is 0 Å². The number of rotatable bonds is 3. The van der Waals surface area contributed by atoms with Crippen LogP contribution >= 0.6 is 0 Å². The topological polar surface area (TPSA) is 52.1 Å². The minimum atomic E-state index is -0.523. The third kappa shape index (κ3) is 1.95. The van der Waals surface area contributed by atoms with Gasteiger partial charge >= 0.3 is 0 Å². The molecule has 88 valence electrons. The number of carbonyl (C=O) groups is 1. The lowest BCUT2D eigenvalue weighted by molar-refractivity contribution is -0.107. The fourth-order valence-electron chi connectivity index (χ4n) is 1.70. The molecule has 2 heterocycles. The van der Waals surface area contributed by atoms with Crippen LogP contribution in [0, 0.1) is 12.7 Å². The standard InChI is InChI=1S/C12H11FN2O2/c1-7-5-10(17-2)15-12-8(3-4-16)9(13)6-14-11(7)12/h4-6H,3H2,1-2H3. The SMILES string of the molecule is COc1cc(C)c2ncc(F)c(CC=O)c2n1. The van der Waals surface area contributed by atoms with Crippen molar-refractivity contribution < 1.29 is 13.9 Å². The zero-order chi connectivity index (χ0) is 12.4. The Labute approximate surface area is 97.5 Å². The quantitative estimate of drug-likeness (QED) is 0.760. The monoisotopic (exact) mass is 234 g/mol. The summed E-state index contributed by atoms with van der Waals surface area (Å²) < 4.78 is 18.6. The van der Waals surface area contributed by atoms with Crippen LogP contribution in [0.5, 0.6) is 5.88 Å². The smallest absolute Gasteiger partial charge is 0.213 e. The Morgan fingerprint density at radius 3 is 2.88 bits per heavy atom. The second-order valence-corrected chi connectivity index (χ2v) is 3.63. The molecule has 0 fully saturated rings. The molecule has 0 aromatic carbocycles. The van der Waals surface area contributed by atoms with Crippen LogP contribution in [-0.4, -0.2) is 23.4 Å². The minimum absolute atomic E-state index is 0.0234. The fourth-order valence-corrected chi connectivity index (χ4v) is 1.70. The number of aromatic nitrogens is 2. The number of ether oxygens (including phenoxy) is 1. The Bertz CT molecular complexity index is 584. The van der Waals surface area contributed by atoms with Crippen LogP contribution in [0.2, 0.25) is 0 Å². The number of methoxy groups -OCH3 is 1. The molecule has 5 heteroatoms. The number of fused-ring (bicyclic) bond motifs is 1. The molecule has 17 heavy (non-hydrogen) atoms. The van der Waals surface area contributed by atoms with Crippen LogP contribution in [0.15, 0.2) is 12.3 Å². The second kappa shape index (κ2) is 4.45. The highest BCUT2D eigenvalue weighted by atomic mass is 19.1. The van der Waals surface area contributed by atoms with Crippen molar-refractivity contribution in [1.29, 1.82) is 0 Å². The van der Waals surface area contributed by atoms with Gasteiger partial charge in [-0.15, -0.1) is 0 Å². The molecular formula is C12H11FN2O2. The number of carbonyl (C=O) groups excluding carboxylic acids is 1. The summed E-state index contributed by atoms with van der Waals surface area (Å²) in [5.74, 6) is -0.140. The van der Waals surface area contributed by atoms with E-state index >= 15 is 0 Å². The number of hydrogen-bond acceptors (Lipinski definition) is 4. The molecule has 0 aliphatic heterocycles. The van der Waals surface area contributed by atoms with Gasteiger partial charge in [0.1, 0.15) is 12.1 Å². The predicted molar refractivity (Wildman–Crippen MR) is 60.6 cm³/mol. The Morgan fingerprint density at radius 2 is 2.24 bits per heavy atom. The number of nitrogens with zero attached hydrogens (tertiary/aromatic N) is 2. The predicted octanol–water partition coefficient (Wildman–Crippen LogP) is 1.83. The molecule has 0 saturated carbocycles. The van der Waals surface area contributed by atoms with Gasteiger partial charge in [-0.2, -0.15) is 0 Å². The van der Waals surface area contributed by atoms with E-state index < -0.39 is 5.82 Å². The van der Waals surface area contributed by atoms with Gasteiger partial charge in [-0.05, 0) is 12.5 Å². The maximum atomic E-state index is 13.6. The van der Waals surface area contributed by atoms with Crippen LogP contribution in [0.25, 0.3) is 11.0 Å². The molecule has 0 bridgehead atoms. The largest absolute Gasteiger partial charge is 0.481 e. The summed E-state index contributed by atoms with van der Waals surface area (Å²) in [4.78, 5) is 18.7. The van der Waals surface area contributed by atoms with E-state index in [1.54, 1.807) is 6.07 Å². The third-order valence-electron chi connectivity index (χ3n) is 2.54. The summed E-state index contributed by atoms with van der Waals surface area (Å²) >= 11 is 0. The lowest BCUT2D eigenvalue weighted by Gasteiger charge is -2.08. The molecule has 0 aliphatic rings. The molecule has 2 aromatic heterocycles. The minimum Gasteiger partial charge on any atom is -0.481 e. The molecule has 2 rings (SSSR count). The van der Waals surface area contributed by atoms with Crippen molar-refractivity contribution in [3.05, 3.63) is 29.2 Å². The maximum absolute atomic E-state index is 13.6. The molecule has 0 saturated heterocycles. The summed E-state index contributed by atoms with van der Waals surface area (Å²) in [7, 11) is 1.49. The molecule has 0 N–H and O–H groups in total. The Morgan fingerprint density at radius 1 is 1.47 bits per heavy atom. The summed E-state index contributed by atoms with van der Waals surface area (Å²) in [6.45, 7) is 1.84. The van der Waals surface area contributed by atoms with Crippen molar-refractivity contribution in [2.24, 2.45) is 0 Å². The summed E-state index contributed by atoms with van der Waals surface area (Å²) in [6, 6.07) is 1.72. The highest BCUT2D eigenvalue weighted by Gasteiger charge is 2.13. The molecule has 0 unspecified atom stereocenters. The lowest BCUT2D eigenvalue weighted by Crippen LogP contribution is -2.00. The summed E-state index contributed by atoms with van der Waals surface area (Å²) in [5.41, 5.74) is 2.06. The van der Waals surface area contributed by atoms with Gasteiger partial charge in [-0.25, -0.2) is 9.37 Å². The summed E-state index contributed by atoms with van der Waals surface area (Å²) in [5, 5.41) is 0. The van der Waals surface area contributed by atoms with Crippen molar-refractivity contribution in [3.8, 4) is 5.88 Å². The van der Waals surface area contributed by atoms with E-state index in [0.717, 1.165) is 11.8 Å². The molecule has 0 amide bonds. The zero-order valence-electron chi connectivity index (χ0n) is 9.53. The normalized spacial score (nSPS) is 10.5. The van der Waals surface area contributed by atoms with Crippen molar-refractivity contribution in [2.75, 3.05) is 7.11 Å². The van der Waals surface area contributed by atoms with Crippen molar-refractivity contribution in [3.63, 3.8) is 0 Å². The van der Waals surface area contributed by atoms with E-state index in [1.807, 2.05) is 6.92 Å². The third-order valence-corrected chi connectivity index (χ3v) is 2.54. The summed E-state index contributed by atoms with van der Waals surface area (Å²) in [6.07, 6.45) is 1.74. The van der Waals surface area contributed by atoms with Crippen molar-refractivity contribution >= 4 is 17.3 Å². The first-order valence-corrected chi connectivity index (χ1v) is 5.09. The highest BCUT2D eigenvalue weighted by Crippen LogP contribution is 2.24. The molecule has 4 nitrogen and oxygen atoms in total. The van der Waals surface area contributed by atoms with E-state index in [4.69, 9.17) is 4.74 Å². The van der Waals surface area contributed by atoms with Crippen LogP contribution < -0.4 is 4.74 Å². The van der Waals surface area contributed by atoms with Gasteiger partial charge in [0.2, 0.25) is 5.88 Å². The Hall–Kier alpha value is -2.04. The number of aryl methyl sites for hydroxylation is 1. The molecule has 0 atom stereocenters. The first-order chi connectivity index (χ1) is 8.17. The van der Waals surface area contributed by atoms with Crippen LogP contribution in [0.1, 0.15) is 11.1 Å². The van der Waals surface area contributed by atoms with E-state index in [9.17, 15) is 9.18 Å². The zero-order valence-corrected chi connectivity index (χ0v) is 9.53. The average Bonchev–Trinajstić information content (AvgIpc) is 2.32. The van der Waals surface area contributed by atoms with E-state index in [2.05, 4.69) is 9.97 Å². The van der Waals surface area contributed by atoms with Gasteiger partial charge in [0.05, 0.1) is 24.3 Å².